The van der Waals surface area contributed by atoms with E-state index in [0.29, 0.717) is 21.2 Å². The number of aromatic nitrogens is 2. The molecule has 0 atom stereocenters. The first-order chi connectivity index (χ1) is 10.7. The number of halogens is 1. The Labute approximate surface area is 134 Å². The van der Waals surface area contributed by atoms with Gasteiger partial charge in [-0.15, -0.1) is 0 Å². The van der Waals surface area contributed by atoms with E-state index >= 15 is 0 Å². The summed E-state index contributed by atoms with van der Waals surface area (Å²) in [6, 6.07) is 9.38. The molecule has 108 valence electrons. The molecule has 3 heterocycles. The van der Waals surface area contributed by atoms with E-state index in [2.05, 4.69) is 27.0 Å². The maximum atomic E-state index is 12.0. The van der Waals surface area contributed by atoms with E-state index in [4.69, 9.17) is 4.74 Å². The van der Waals surface area contributed by atoms with Crippen LogP contribution < -0.4 is 0 Å². The van der Waals surface area contributed by atoms with Crippen molar-refractivity contribution < 1.29 is 9.53 Å². The van der Waals surface area contributed by atoms with Gasteiger partial charge in [0.25, 0.3) is 0 Å². The van der Waals surface area contributed by atoms with E-state index in [-0.39, 0.29) is 6.61 Å². The van der Waals surface area contributed by atoms with Crippen molar-refractivity contribution in [2.45, 2.75) is 6.61 Å². The van der Waals surface area contributed by atoms with Crippen molar-refractivity contribution in [3.63, 3.8) is 0 Å². The minimum atomic E-state index is -0.479. The van der Waals surface area contributed by atoms with Gasteiger partial charge in [0, 0.05) is 34.8 Å². The lowest BCUT2D eigenvalue weighted by molar-refractivity contribution is 0.0472. The Kier molecular flexibility index (Phi) is 3.90. The molecule has 3 rings (SSSR count). The van der Waals surface area contributed by atoms with E-state index in [1.807, 2.05) is 28.8 Å². The van der Waals surface area contributed by atoms with Gasteiger partial charge in [0.2, 0.25) is 0 Å². The average molecular weight is 356 g/mol. The first-order valence-corrected chi connectivity index (χ1v) is 7.24. The van der Waals surface area contributed by atoms with Gasteiger partial charge in [0.15, 0.2) is 0 Å². The molecule has 0 N–H and O–H groups in total. The molecule has 0 fully saturated rings. The minimum Gasteiger partial charge on any atom is -0.457 e. The summed E-state index contributed by atoms with van der Waals surface area (Å²) in [6.45, 7) is 0.0376. The summed E-state index contributed by atoms with van der Waals surface area (Å²) in [5.41, 5.74) is 2.34. The summed E-state index contributed by atoms with van der Waals surface area (Å²) >= 11 is 3.26. The Bertz CT molecular complexity index is 896. The Morgan fingerprint density at radius 1 is 1.41 bits per heavy atom. The zero-order chi connectivity index (χ0) is 15.5. The molecular weight excluding hydrogens is 346 g/mol. The number of hydrogen-bond donors (Lipinski definition) is 0. The quantitative estimate of drug-likeness (QED) is 0.675. The van der Waals surface area contributed by atoms with E-state index in [1.54, 1.807) is 18.5 Å². The van der Waals surface area contributed by atoms with Gasteiger partial charge in [-0.3, -0.25) is 4.98 Å². The summed E-state index contributed by atoms with van der Waals surface area (Å²) in [5.74, 6) is -0.479. The van der Waals surface area contributed by atoms with Crippen LogP contribution in [0.3, 0.4) is 0 Å². The summed E-state index contributed by atoms with van der Waals surface area (Å²) < 4.78 is 7.82. The highest BCUT2D eigenvalue weighted by Gasteiger charge is 2.13. The van der Waals surface area contributed by atoms with Crippen LogP contribution in [0.1, 0.15) is 21.5 Å². The molecule has 0 saturated carbocycles. The lowest BCUT2D eigenvalue weighted by Gasteiger charge is -2.03. The maximum absolute atomic E-state index is 12.0. The normalized spacial score (nSPS) is 10.4. The fraction of sp³-hybridized carbons (Fsp3) is 0.0625. The van der Waals surface area contributed by atoms with Crippen LogP contribution in [0.4, 0.5) is 0 Å². The Hall–Kier alpha value is -2.65. The van der Waals surface area contributed by atoms with Crippen LogP contribution in [0.2, 0.25) is 0 Å². The molecular formula is C16H10BrN3O2. The largest absolute Gasteiger partial charge is 0.457 e. The van der Waals surface area contributed by atoms with Gasteiger partial charge in [-0.2, -0.15) is 5.26 Å². The Morgan fingerprint density at radius 2 is 2.27 bits per heavy atom. The number of carbonyl (C=O) groups excluding carboxylic acids is 1. The lowest BCUT2D eigenvalue weighted by Crippen LogP contribution is -2.06. The van der Waals surface area contributed by atoms with Crippen LogP contribution in [-0.4, -0.2) is 15.4 Å². The smallest absolute Gasteiger partial charge is 0.340 e. The molecule has 0 unspecified atom stereocenters. The van der Waals surface area contributed by atoms with Crippen molar-refractivity contribution in [1.29, 1.82) is 5.26 Å². The van der Waals surface area contributed by atoms with Crippen LogP contribution in [-0.2, 0) is 11.3 Å². The van der Waals surface area contributed by atoms with Crippen molar-refractivity contribution in [2.75, 3.05) is 0 Å². The van der Waals surface area contributed by atoms with Crippen molar-refractivity contribution in [3.8, 4) is 6.07 Å². The van der Waals surface area contributed by atoms with Crippen molar-refractivity contribution in [2.24, 2.45) is 0 Å². The van der Waals surface area contributed by atoms with Gasteiger partial charge in [0.05, 0.1) is 16.6 Å². The second-order valence-electron chi connectivity index (χ2n) is 4.60. The van der Waals surface area contributed by atoms with Crippen molar-refractivity contribution in [1.82, 2.24) is 9.38 Å². The number of nitrogens with zero attached hydrogens (tertiary/aromatic N) is 3. The van der Waals surface area contributed by atoms with E-state index in [0.717, 1.165) is 5.52 Å². The number of fused-ring (bicyclic) bond motifs is 1. The SMILES string of the molecule is N#Cc1c(COC(=O)c2cncc(Br)c2)cn2ccccc12. The molecule has 3 aromatic rings. The highest BCUT2D eigenvalue weighted by Crippen LogP contribution is 2.19. The number of ether oxygens (including phenoxy) is 1. The molecule has 3 aromatic heterocycles. The van der Waals surface area contributed by atoms with Crippen LogP contribution in [0.5, 0.6) is 0 Å². The third-order valence-electron chi connectivity index (χ3n) is 3.17. The van der Waals surface area contributed by atoms with Crippen LogP contribution in [0, 0.1) is 11.3 Å². The predicted octanol–water partition coefficient (Wildman–Crippen LogP) is 3.33. The topological polar surface area (TPSA) is 67.4 Å². The third-order valence-corrected chi connectivity index (χ3v) is 3.61. The highest BCUT2D eigenvalue weighted by atomic mass is 79.9. The minimum absolute atomic E-state index is 0.0376. The van der Waals surface area contributed by atoms with E-state index < -0.39 is 5.97 Å². The van der Waals surface area contributed by atoms with Crippen molar-refractivity contribution in [3.05, 3.63) is 70.2 Å². The first kappa shape index (κ1) is 14.3. The zero-order valence-corrected chi connectivity index (χ0v) is 12.9. The van der Waals surface area contributed by atoms with Gasteiger partial charge in [-0.25, -0.2) is 4.79 Å². The Balaban J connectivity index is 1.82. The number of rotatable bonds is 3. The molecule has 0 spiro atoms. The summed E-state index contributed by atoms with van der Waals surface area (Å²) in [6.07, 6.45) is 6.67. The van der Waals surface area contributed by atoms with Gasteiger partial charge in [-0.1, -0.05) is 6.07 Å². The van der Waals surface area contributed by atoms with Gasteiger partial charge in [-0.05, 0) is 34.1 Å². The van der Waals surface area contributed by atoms with Gasteiger partial charge in [0.1, 0.15) is 12.7 Å². The summed E-state index contributed by atoms with van der Waals surface area (Å²) in [7, 11) is 0. The number of hydrogen-bond acceptors (Lipinski definition) is 4. The van der Waals surface area contributed by atoms with Crippen LogP contribution in [0.25, 0.3) is 5.52 Å². The Morgan fingerprint density at radius 3 is 3.05 bits per heavy atom. The molecule has 22 heavy (non-hydrogen) atoms. The monoisotopic (exact) mass is 355 g/mol. The summed E-state index contributed by atoms with van der Waals surface area (Å²) in [5, 5.41) is 9.30. The fourth-order valence-electron chi connectivity index (χ4n) is 2.17. The molecule has 0 aliphatic heterocycles. The van der Waals surface area contributed by atoms with E-state index in [1.165, 1.54) is 6.20 Å². The molecule has 6 heteroatoms. The molecule has 0 aliphatic carbocycles. The standard InChI is InChI=1S/C16H10BrN3O2/c17-13-5-11(7-19-8-13)16(21)22-10-12-9-20-4-2-1-3-15(20)14(12)6-18/h1-5,7-9H,10H2. The van der Waals surface area contributed by atoms with E-state index in [9.17, 15) is 10.1 Å². The average Bonchev–Trinajstić information content (AvgIpc) is 2.90. The molecule has 0 bridgehead atoms. The molecule has 5 nitrogen and oxygen atoms in total. The number of nitriles is 1. The molecule has 0 amide bonds. The maximum Gasteiger partial charge on any atom is 0.340 e. The number of esters is 1. The molecule has 0 radical (unpaired) electrons. The second kappa shape index (κ2) is 6.00. The highest BCUT2D eigenvalue weighted by molar-refractivity contribution is 9.10. The molecule has 0 aliphatic rings. The lowest BCUT2D eigenvalue weighted by atomic mass is 10.2. The first-order valence-electron chi connectivity index (χ1n) is 6.45. The number of pyridine rings is 2. The zero-order valence-electron chi connectivity index (χ0n) is 11.4. The molecule has 0 aromatic carbocycles. The third kappa shape index (κ3) is 2.71. The number of carbonyl (C=O) groups is 1. The second-order valence-corrected chi connectivity index (χ2v) is 5.52. The molecule has 0 saturated heterocycles. The van der Waals surface area contributed by atoms with Gasteiger partial charge >= 0.3 is 5.97 Å². The van der Waals surface area contributed by atoms with Crippen LogP contribution in [0.15, 0.2) is 53.5 Å². The van der Waals surface area contributed by atoms with Crippen molar-refractivity contribution >= 4 is 27.4 Å². The van der Waals surface area contributed by atoms with Gasteiger partial charge < -0.3 is 9.14 Å². The predicted molar refractivity (Wildman–Crippen MR) is 83.2 cm³/mol. The summed E-state index contributed by atoms with van der Waals surface area (Å²) in [4.78, 5) is 15.9. The van der Waals surface area contributed by atoms with Crippen LogP contribution >= 0.6 is 15.9 Å². The fourth-order valence-corrected chi connectivity index (χ4v) is 2.53.